The third kappa shape index (κ3) is 3.61. The first-order valence-electron chi connectivity index (χ1n) is 7.16. The van der Waals surface area contributed by atoms with Gasteiger partial charge in [0.1, 0.15) is 0 Å². The Labute approximate surface area is 114 Å². The number of rotatable bonds is 2. The highest BCUT2D eigenvalue weighted by atomic mass is 16.4. The summed E-state index contributed by atoms with van der Waals surface area (Å²) in [4.78, 5) is 24.9. The molecular weight excluding hydrogens is 244 g/mol. The summed E-state index contributed by atoms with van der Waals surface area (Å²) in [6, 6.07) is 0.00933. The molecule has 0 aromatic carbocycles. The number of carbonyl (C=O) groups is 2. The highest BCUT2D eigenvalue weighted by Gasteiger charge is 2.33. The fourth-order valence-corrected chi connectivity index (χ4v) is 2.92. The molecular formula is C14H24N2O3. The molecule has 2 N–H and O–H groups in total. The van der Waals surface area contributed by atoms with Crippen LogP contribution in [0, 0.1) is 11.3 Å². The second kappa shape index (κ2) is 5.39. The van der Waals surface area contributed by atoms with Crippen molar-refractivity contribution in [3.8, 4) is 0 Å². The number of piperidine rings is 1. The van der Waals surface area contributed by atoms with Gasteiger partial charge in [0.25, 0.3) is 0 Å². The number of carboxylic acid groups (broad SMARTS) is 1. The monoisotopic (exact) mass is 268 g/mol. The van der Waals surface area contributed by atoms with Gasteiger partial charge in [-0.1, -0.05) is 13.8 Å². The number of amides is 2. The van der Waals surface area contributed by atoms with E-state index in [1.807, 2.05) is 4.90 Å². The van der Waals surface area contributed by atoms with Gasteiger partial charge in [0.15, 0.2) is 0 Å². The second-order valence-corrected chi connectivity index (χ2v) is 6.65. The number of aliphatic carboxylic acids is 1. The predicted molar refractivity (Wildman–Crippen MR) is 71.9 cm³/mol. The van der Waals surface area contributed by atoms with Gasteiger partial charge in [0, 0.05) is 19.1 Å². The van der Waals surface area contributed by atoms with E-state index >= 15 is 0 Å². The second-order valence-electron chi connectivity index (χ2n) is 6.65. The molecule has 1 saturated carbocycles. The molecule has 0 aromatic heterocycles. The van der Waals surface area contributed by atoms with Gasteiger partial charge in [-0.15, -0.1) is 0 Å². The third-order valence-corrected chi connectivity index (χ3v) is 4.51. The molecule has 0 bridgehead atoms. The lowest BCUT2D eigenvalue weighted by Gasteiger charge is -2.37. The van der Waals surface area contributed by atoms with Gasteiger partial charge in [0.05, 0.1) is 5.92 Å². The fraction of sp³-hybridized carbons (Fsp3) is 0.857. The summed E-state index contributed by atoms with van der Waals surface area (Å²) in [5.74, 6) is -1.03. The van der Waals surface area contributed by atoms with Crippen LogP contribution in [0.25, 0.3) is 0 Å². The third-order valence-electron chi connectivity index (χ3n) is 4.51. The molecule has 1 heterocycles. The fourth-order valence-electron chi connectivity index (χ4n) is 2.92. The van der Waals surface area contributed by atoms with Gasteiger partial charge in [0.2, 0.25) is 0 Å². The number of likely N-dealkylation sites (tertiary alicyclic amines) is 1. The van der Waals surface area contributed by atoms with E-state index in [1.165, 1.54) is 0 Å². The molecule has 5 nitrogen and oxygen atoms in total. The van der Waals surface area contributed by atoms with Crippen molar-refractivity contribution in [3.63, 3.8) is 0 Å². The Morgan fingerprint density at radius 2 is 1.84 bits per heavy atom. The van der Waals surface area contributed by atoms with Crippen LogP contribution in [-0.4, -0.2) is 41.1 Å². The minimum atomic E-state index is -0.739. The van der Waals surface area contributed by atoms with Crippen molar-refractivity contribution in [2.24, 2.45) is 11.3 Å². The van der Waals surface area contributed by atoms with Crippen LogP contribution < -0.4 is 5.32 Å². The Morgan fingerprint density at radius 1 is 1.21 bits per heavy atom. The summed E-state index contributed by atoms with van der Waals surface area (Å²) in [6.45, 7) is 6.06. The number of nitrogens with one attached hydrogen (secondary N) is 1. The lowest BCUT2D eigenvalue weighted by molar-refractivity contribution is -0.141. The molecule has 2 fully saturated rings. The van der Waals surface area contributed by atoms with Crippen molar-refractivity contribution >= 4 is 12.0 Å². The van der Waals surface area contributed by atoms with Crippen molar-refractivity contribution in [2.45, 2.75) is 52.0 Å². The first kappa shape index (κ1) is 14.2. The summed E-state index contributed by atoms with van der Waals surface area (Å²) < 4.78 is 0. The molecule has 2 rings (SSSR count). The Hall–Kier alpha value is -1.26. The quantitative estimate of drug-likeness (QED) is 0.805. The van der Waals surface area contributed by atoms with Crippen LogP contribution in [0.1, 0.15) is 46.0 Å². The topological polar surface area (TPSA) is 69.6 Å². The molecule has 0 aromatic rings. The Morgan fingerprint density at radius 3 is 2.37 bits per heavy atom. The van der Waals surface area contributed by atoms with E-state index in [0.717, 1.165) is 32.4 Å². The molecule has 1 aliphatic carbocycles. The number of urea groups is 1. The minimum Gasteiger partial charge on any atom is -0.481 e. The molecule has 5 heteroatoms. The molecule has 108 valence electrons. The van der Waals surface area contributed by atoms with Crippen LogP contribution >= 0.6 is 0 Å². The van der Waals surface area contributed by atoms with E-state index in [-0.39, 0.29) is 18.0 Å². The van der Waals surface area contributed by atoms with Gasteiger partial charge < -0.3 is 15.3 Å². The highest BCUT2D eigenvalue weighted by molar-refractivity contribution is 5.75. The largest absolute Gasteiger partial charge is 0.481 e. The van der Waals surface area contributed by atoms with Crippen molar-refractivity contribution in [3.05, 3.63) is 0 Å². The van der Waals surface area contributed by atoms with E-state index in [2.05, 4.69) is 19.2 Å². The Bertz CT molecular complexity index is 358. The van der Waals surface area contributed by atoms with Crippen LogP contribution in [0.15, 0.2) is 0 Å². The van der Waals surface area contributed by atoms with Gasteiger partial charge in [-0.25, -0.2) is 4.79 Å². The number of carbonyl (C=O) groups excluding carboxylic acids is 1. The molecule has 0 spiro atoms. The van der Waals surface area contributed by atoms with E-state index in [4.69, 9.17) is 5.11 Å². The lowest BCUT2D eigenvalue weighted by Crippen LogP contribution is -2.48. The summed E-state index contributed by atoms with van der Waals surface area (Å²) >= 11 is 0. The van der Waals surface area contributed by atoms with Gasteiger partial charge in [-0.2, -0.15) is 0 Å². The molecule has 1 aliphatic heterocycles. The average molecular weight is 268 g/mol. The summed E-state index contributed by atoms with van der Waals surface area (Å²) in [6.07, 6.45) is 4.08. The molecule has 2 aliphatic rings. The summed E-state index contributed by atoms with van der Waals surface area (Å²) in [5.41, 5.74) is 0.332. The number of carboxylic acids is 1. The van der Waals surface area contributed by atoms with Gasteiger partial charge in [-0.3, -0.25) is 4.79 Å². The Balaban J connectivity index is 1.78. The molecule has 0 radical (unpaired) electrons. The molecule has 1 saturated heterocycles. The maximum atomic E-state index is 12.1. The lowest BCUT2D eigenvalue weighted by atomic mass is 9.83. The van der Waals surface area contributed by atoms with Crippen molar-refractivity contribution in [2.75, 3.05) is 13.1 Å². The van der Waals surface area contributed by atoms with E-state index < -0.39 is 5.97 Å². The van der Waals surface area contributed by atoms with Crippen LogP contribution in [0.4, 0.5) is 4.79 Å². The van der Waals surface area contributed by atoms with Crippen molar-refractivity contribution in [1.29, 1.82) is 0 Å². The van der Waals surface area contributed by atoms with Gasteiger partial charge >= 0.3 is 12.0 Å². The van der Waals surface area contributed by atoms with Crippen LogP contribution in [-0.2, 0) is 4.79 Å². The van der Waals surface area contributed by atoms with E-state index in [1.54, 1.807) is 0 Å². The van der Waals surface area contributed by atoms with Crippen LogP contribution in [0.5, 0.6) is 0 Å². The first-order chi connectivity index (χ1) is 8.87. The Kier molecular flexibility index (Phi) is 4.02. The smallest absolute Gasteiger partial charge is 0.317 e. The SMILES string of the molecule is CC1(C)CCN(C(=O)NC2CCC(C(=O)O)C2)CC1. The van der Waals surface area contributed by atoms with E-state index in [0.29, 0.717) is 18.3 Å². The maximum absolute atomic E-state index is 12.1. The number of hydrogen-bond donors (Lipinski definition) is 2. The highest BCUT2D eigenvalue weighted by Crippen LogP contribution is 2.30. The normalized spacial score (nSPS) is 30.1. The zero-order valence-electron chi connectivity index (χ0n) is 11.8. The molecule has 2 atom stereocenters. The van der Waals surface area contributed by atoms with Crippen molar-refractivity contribution in [1.82, 2.24) is 10.2 Å². The van der Waals surface area contributed by atoms with Crippen LogP contribution in [0.2, 0.25) is 0 Å². The summed E-state index contributed by atoms with van der Waals surface area (Å²) in [7, 11) is 0. The zero-order valence-corrected chi connectivity index (χ0v) is 11.8. The van der Waals surface area contributed by atoms with E-state index in [9.17, 15) is 9.59 Å². The van der Waals surface area contributed by atoms with Crippen molar-refractivity contribution < 1.29 is 14.7 Å². The standard InChI is InChI=1S/C14H24N2O3/c1-14(2)5-7-16(8-6-14)13(19)15-11-4-3-10(9-11)12(17)18/h10-11H,3-9H2,1-2H3,(H,15,19)(H,17,18). The molecule has 2 unspecified atom stereocenters. The first-order valence-corrected chi connectivity index (χ1v) is 7.16. The zero-order chi connectivity index (χ0) is 14.0. The molecule has 2 amide bonds. The van der Waals surface area contributed by atoms with Crippen LogP contribution in [0.3, 0.4) is 0 Å². The maximum Gasteiger partial charge on any atom is 0.317 e. The minimum absolute atomic E-state index is 0.0217. The number of hydrogen-bond acceptors (Lipinski definition) is 2. The summed E-state index contributed by atoms with van der Waals surface area (Å²) in [5, 5.41) is 11.9. The number of nitrogens with zero attached hydrogens (tertiary/aromatic N) is 1. The predicted octanol–water partition coefficient (Wildman–Crippen LogP) is 2.07. The average Bonchev–Trinajstić information content (AvgIpc) is 2.77. The molecule has 19 heavy (non-hydrogen) atoms. The van der Waals surface area contributed by atoms with Gasteiger partial charge in [-0.05, 0) is 37.5 Å².